The van der Waals surface area contributed by atoms with Crippen LogP contribution in [0.15, 0.2) is 24.4 Å². The first-order valence-electron chi connectivity index (χ1n) is 6.77. The molecule has 1 amide bonds. The van der Waals surface area contributed by atoms with Gasteiger partial charge < -0.3 is 15.8 Å². The van der Waals surface area contributed by atoms with Gasteiger partial charge in [0, 0.05) is 31.0 Å². The summed E-state index contributed by atoms with van der Waals surface area (Å²) in [5, 5.41) is 2.95. The molecule has 1 fully saturated rings. The molecule has 0 radical (unpaired) electrons. The van der Waals surface area contributed by atoms with Crippen molar-refractivity contribution < 1.29 is 9.53 Å². The predicted molar refractivity (Wildman–Crippen MR) is 72.5 cm³/mol. The Bertz CT molecular complexity index is 408. The highest BCUT2D eigenvalue weighted by atomic mass is 16.5. The van der Waals surface area contributed by atoms with Gasteiger partial charge in [-0.15, -0.1) is 0 Å². The van der Waals surface area contributed by atoms with Crippen LogP contribution in [0.2, 0.25) is 0 Å². The maximum atomic E-state index is 11.9. The number of nitrogens with zero attached hydrogens (tertiary/aromatic N) is 1. The van der Waals surface area contributed by atoms with E-state index in [-0.39, 0.29) is 24.1 Å². The predicted octanol–water partition coefficient (Wildman–Crippen LogP) is 0.635. The molecule has 0 aromatic carbocycles. The fraction of sp³-hybridized carbons (Fsp3) is 0.571. The molecule has 5 nitrogen and oxygen atoms in total. The van der Waals surface area contributed by atoms with E-state index < -0.39 is 0 Å². The molecule has 3 unspecified atom stereocenters. The number of nitrogens with one attached hydrogen (secondary N) is 1. The Labute approximate surface area is 113 Å². The van der Waals surface area contributed by atoms with Gasteiger partial charge in [0.2, 0.25) is 5.91 Å². The van der Waals surface area contributed by atoms with Crippen molar-refractivity contribution in [2.75, 3.05) is 6.61 Å². The molecular formula is C14H21N3O2. The van der Waals surface area contributed by atoms with Gasteiger partial charge >= 0.3 is 0 Å². The van der Waals surface area contributed by atoms with Crippen LogP contribution in [0.4, 0.5) is 0 Å². The number of carbonyl (C=O) groups excluding carboxylic acids is 1. The molecule has 0 saturated heterocycles. The summed E-state index contributed by atoms with van der Waals surface area (Å²) in [6.45, 7) is 2.60. The molecule has 1 aliphatic rings. The third kappa shape index (κ3) is 3.75. The van der Waals surface area contributed by atoms with Crippen molar-refractivity contribution in [3.63, 3.8) is 0 Å². The van der Waals surface area contributed by atoms with Crippen molar-refractivity contribution in [1.29, 1.82) is 0 Å². The lowest BCUT2D eigenvalue weighted by atomic mass is 9.83. The van der Waals surface area contributed by atoms with E-state index in [9.17, 15) is 4.79 Å². The lowest BCUT2D eigenvalue weighted by Gasteiger charge is -2.42. The fourth-order valence-electron chi connectivity index (χ4n) is 2.27. The Balaban J connectivity index is 1.75. The van der Waals surface area contributed by atoms with Gasteiger partial charge in [-0.3, -0.25) is 9.78 Å². The number of nitrogens with two attached hydrogens (primary N) is 1. The van der Waals surface area contributed by atoms with Crippen molar-refractivity contribution in [3.05, 3.63) is 30.1 Å². The highest BCUT2D eigenvalue weighted by Gasteiger charge is 2.40. The van der Waals surface area contributed by atoms with Crippen molar-refractivity contribution in [2.24, 2.45) is 5.73 Å². The number of hydrogen-bond donors (Lipinski definition) is 2. The number of ether oxygens (including phenoxy) is 1. The molecule has 3 N–H and O–H groups in total. The second kappa shape index (κ2) is 6.63. The summed E-state index contributed by atoms with van der Waals surface area (Å²) >= 11 is 0. The average molecular weight is 263 g/mol. The lowest BCUT2D eigenvalue weighted by molar-refractivity contribution is -0.125. The quantitative estimate of drug-likeness (QED) is 0.789. The maximum Gasteiger partial charge on any atom is 0.220 e. The van der Waals surface area contributed by atoms with Crippen LogP contribution in [0.25, 0.3) is 0 Å². The average Bonchev–Trinajstić information content (AvgIpc) is 2.43. The SMILES string of the molecule is CCOC1CC(N)C1NC(=O)CCc1ccccn1. The van der Waals surface area contributed by atoms with Crippen molar-refractivity contribution >= 4 is 5.91 Å². The maximum absolute atomic E-state index is 11.9. The molecule has 0 spiro atoms. The second-order valence-corrected chi connectivity index (χ2v) is 4.81. The second-order valence-electron chi connectivity index (χ2n) is 4.81. The Morgan fingerprint density at radius 3 is 3.05 bits per heavy atom. The Morgan fingerprint density at radius 2 is 2.42 bits per heavy atom. The summed E-state index contributed by atoms with van der Waals surface area (Å²) in [6.07, 6.45) is 3.70. The first-order chi connectivity index (χ1) is 9.20. The minimum Gasteiger partial charge on any atom is -0.376 e. The van der Waals surface area contributed by atoms with Crippen LogP contribution in [-0.2, 0) is 16.0 Å². The first kappa shape index (κ1) is 14.0. The highest BCUT2D eigenvalue weighted by Crippen LogP contribution is 2.22. The van der Waals surface area contributed by atoms with Crippen LogP contribution in [0.5, 0.6) is 0 Å². The van der Waals surface area contributed by atoms with Gasteiger partial charge in [-0.25, -0.2) is 0 Å². The number of hydrogen-bond acceptors (Lipinski definition) is 4. The molecule has 104 valence electrons. The fourth-order valence-corrected chi connectivity index (χ4v) is 2.27. The van der Waals surface area contributed by atoms with E-state index in [1.54, 1.807) is 6.20 Å². The molecule has 1 aliphatic carbocycles. The molecule has 2 rings (SSSR count). The number of aryl methyl sites for hydroxylation is 1. The zero-order valence-corrected chi connectivity index (χ0v) is 11.2. The zero-order chi connectivity index (χ0) is 13.7. The molecule has 19 heavy (non-hydrogen) atoms. The smallest absolute Gasteiger partial charge is 0.220 e. The standard InChI is InChI=1S/C14H21N3O2/c1-2-19-12-9-11(15)14(12)17-13(18)7-6-10-5-3-4-8-16-10/h3-5,8,11-12,14H,2,6-7,9,15H2,1H3,(H,17,18). The lowest BCUT2D eigenvalue weighted by Crippen LogP contribution is -2.64. The van der Waals surface area contributed by atoms with Crippen LogP contribution >= 0.6 is 0 Å². The highest BCUT2D eigenvalue weighted by molar-refractivity contribution is 5.76. The Kier molecular flexibility index (Phi) is 4.87. The van der Waals surface area contributed by atoms with Crippen molar-refractivity contribution in [2.45, 2.75) is 44.4 Å². The third-order valence-electron chi connectivity index (χ3n) is 3.41. The van der Waals surface area contributed by atoms with E-state index >= 15 is 0 Å². The molecule has 0 aliphatic heterocycles. The summed E-state index contributed by atoms with van der Waals surface area (Å²) in [5.74, 6) is 0.00973. The van der Waals surface area contributed by atoms with Gasteiger partial charge in [-0.1, -0.05) is 6.07 Å². The van der Waals surface area contributed by atoms with Gasteiger partial charge in [-0.05, 0) is 31.9 Å². The van der Waals surface area contributed by atoms with Crippen LogP contribution in [0, 0.1) is 0 Å². The van der Waals surface area contributed by atoms with Gasteiger partial charge in [-0.2, -0.15) is 0 Å². The number of aromatic nitrogens is 1. The molecule has 1 aromatic heterocycles. The summed E-state index contributed by atoms with van der Waals surface area (Å²) in [6, 6.07) is 5.67. The molecule has 1 heterocycles. The minimum absolute atomic E-state index is 0.00958. The van der Waals surface area contributed by atoms with Crippen molar-refractivity contribution in [1.82, 2.24) is 10.3 Å². The van der Waals surface area contributed by atoms with Crippen molar-refractivity contribution in [3.8, 4) is 0 Å². The minimum atomic E-state index is -0.0452. The first-order valence-corrected chi connectivity index (χ1v) is 6.77. The largest absolute Gasteiger partial charge is 0.376 e. The van der Waals surface area contributed by atoms with Crippen LogP contribution in [0.1, 0.15) is 25.5 Å². The number of rotatable bonds is 6. The Morgan fingerprint density at radius 1 is 1.58 bits per heavy atom. The van der Waals surface area contributed by atoms with Gasteiger partial charge in [0.15, 0.2) is 0 Å². The molecule has 1 saturated carbocycles. The normalized spacial score (nSPS) is 25.7. The number of pyridine rings is 1. The third-order valence-corrected chi connectivity index (χ3v) is 3.41. The summed E-state index contributed by atoms with van der Waals surface area (Å²) in [7, 11) is 0. The molecule has 5 heteroatoms. The molecular weight excluding hydrogens is 242 g/mol. The number of carbonyl (C=O) groups is 1. The van der Waals surface area contributed by atoms with E-state index in [4.69, 9.17) is 10.5 Å². The summed E-state index contributed by atoms with van der Waals surface area (Å²) < 4.78 is 5.52. The number of amides is 1. The molecule has 3 atom stereocenters. The monoisotopic (exact) mass is 263 g/mol. The van der Waals surface area contributed by atoms with E-state index in [0.29, 0.717) is 19.4 Å². The van der Waals surface area contributed by atoms with E-state index in [2.05, 4.69) is 10.3 Å². The van der Waals surface area contributed by atoms with Crippen LogP contribution in [-0.4, -0.2) is 35.7 Å². The molecule has 1 aromatic rings. The van der Waals surface area contributed by atoms with Gasteiger partial charge in [0.05, 0.1) is 12.1 Å². The summed E-state index contributed by atoms with van der Waals surface area (Å²) in [5.41, 5.74) is 6.82. The van der Waals surface area contributed by atoms with E-state index in [1.807, 2.05) is 25.1 Å². The summed E-state index contributed by atoms with van der Waals surface area (Å²) in [4.78, 5) is 16.1. The van der Waals surface area contributed by atoms with Gasteiger partial charge in [0.1, 0.15) is 0 Å². The van der Waals surface area contributed by atoms with Gasteiger partial charge in [0.25, 0.3) is 0 Å². The molecule has 0 bridgehead atoms. The van der Waals surface area contributed by atoms with E-state index in [0.717, 1.165) is 12.1 Å². The van der Waals surface area contributed by atoms with Crippen LogP contribution < -0.4 is 11.1 Å². The Hall–Kier alpha value is -1.46. The van der Waals surface area contributed by atoms with E-state index in [1.165, 1.54) is 0 Å². The van der Waals surface area contributed by atoms with Crippen LogP contribution in [0.3, 0.4) is 0 Å². The zero-order valence-electron chi connectivity index (χ0n) is 11.2. The topological polar surface area (TPSA) is 77.2 Å².